The van der Waals surface area contributed by atoms with Crippen molar-refractivity contribution in [2.24, 2.45) is 11.8 Å². The molecule has 3 aliphatic rings. The van der Waals surface area contributed by atoms with Gasteiger partial charge in [-0.3, -0.25) is 4.79 Å². The average molecular weight is 377 g/mol. The maximum absolute atomic E-state index is 12.8. The van der Waals surface area contributed by atoms with Gasteiger partial charge in [-0.15, -0.1) is 0 Å². The van der Waals surface area contributed by atoms with E-state index in [0.29, 0.717) is 17.7 Å². The molecular formula is C20H31N3O4. The number of aromatic nitrogens is 2. The summed E-state index contributed by atoms with van der Waals surface area (Å²) in [6, 6.07) is 0. The Kier molecular flexibility index (Phi) is 6.39. The van der Waals surface area contributed by atoms with Gasteiger partial charge in [-0.25, -0.2) is 0 Å². The molecule has 1 aromatic rings. The largest absolute Gasteiger partial charge is 0.381 e. The lowest BCUT2D eigenvalue weighted by Gasteiger charge is -2.35. The molecule has 27 heavy (non-hydrogen) atoms. The molecule has 0 saturated carbocycles. The summed E-state index contributed by atoms with van der Waals surface area (Å²) >= 11 is 0. The van der Waals surface area contributed by atoms with Crippen LogP contribution in [0.15, 0.2) is 4.52 Å². The Balaban J connectivity index is 1.25. The Labute approximate surface area is 160 Å². The van der Waals surface area contributed by atoms with Gasteiger partial charge in [0.05, 0.1) is 0 Å². The minimum Gasteiger partial charge on any atom is -0.381 e. The summed E-state index contributed by atoms with van der Waals surface area (Å²) in [7, 11) is 0. The first kappa shape index (κ1) is 18.9. The van der Waals surface area contributed by atoms with E-state index in [1.165, 1.54) is 6.42 Å². The van der Waals surface area contributed by atoms with Gasteiger partial charge < -0.3 is 18.9 Å². The zero-order chi connectivity index (χ0) is 18.5. The molecule has 4 rings (SSSR count). The van der Waals surface area contributed by atoms with Crippen molar-refractivity contribution in [2.45, 2.75) is 57.3 Å². The summed E-state index contributed by atoms with van der Waals surface area (Å²) in [4.78, 5) is 19.5. The van der Waals surface area contributed by atoms with Crippen molar-refractivity contribution in [3.63, 3.8) is 0 Å². The number of nitrogens with zero attached hydrogens (tertiary/aromatic N) is 3. The van der Waals surface area contributed by atoms with Gasteiger partial charge in [-0.2, -0.15) is 4.98 Å². The summed E-state index contributed by atoms with van der Waals surface area (Å²) < 4.78 is 16.3. The fourth-order valence-corrected chi connectivity index (χ4v) is 4.52. The Morgan fingerprint density at radius 3 is 2.56 bits per heavy atom. The van der Waals surface area contributed by atoms with Gasteiger partial charge in [0.2, 0.25) is 11.8 Å². The van der Waals surface area contributed by atoms with E-state index in [1.54, 1.807) is 0 Å². The van der Waals surface area contributed by atoms with E-state index < -0.39 is 0 Å². The van der Waals surface area contributed by atoms with Crippen LogP contribution in [0, 0.1) is 11.8 Å². The van der Waals surface area contributed by atoms with Gasteiger partial charge in [-0.05, 0) is 50.9 Å². The lowest BCUT2D eigenvalue weighted by Crippen LogP contribution is -2.44. The van der Waals surface area contributed by atoms with Crippen LogP contribution < -0.4 is 0 Å². The predicted molar refractivity (Wildman–Crippen MR) is 98.3 cm³/mol. The first-order valence-electron chi connectivity index (χ1n) is 10.6. The minimum atomic E-state index is 0.164. The van der Waals surface area contributed by atoms with Crippen LogP contribution >= 0.6 is 0 Å². The summed E-state index contributed by atoms with van der Waals surface area (Å²) in [5.41, 5.74) is 0. The molecule has 0 aliphatic carbocycles. The van der Waals surface area contributed by atoms with Crippen molar-refractivity contribution >= 4 is 5.91 Å². The first-order chi connectivity index (χ1) is 13.3. The lowest BCUT2D eigenvalue weighted by molar-refractivity contribution is -0.140. The summed E-state index contributed by atoms with van der Waals surface area (Å²) in [5, 5.41) is 4.18. The van der Waals surface area contributed by atoms with E-state index in [4.69, 9.17) is 14.0 Å². The molecule has 3 saturated heterocycles. The van der Waals surface area contributed by atoms with Gasteiger partial charge in [0, 0.05) is 57.8 Å². The number of ether oxygens (including phenoxy) is 2. The van der Waals surface area contributed by atoms with Crippen LogP contribution in [0.2, 0.25) is 0 Å². The minimum absolute atomic E-state index is 0.164. The molecule has 3 aliphatic heterocycles. The lowest BCUT2D eigenvalue weighted by atomic mass is 9.91. The second-order valence-corrected chi connectivity index (χ2v) is 8.15. The first-order valence-corrected chi connectivity index (χ1v) is 10.6. The van der Waals surface area contributed by atoms with Gasteiger partial charge >= 0.3 is 0 Å². The SMILES string of the molecule is O=C(C1CCOCC1)N1CCCC(CCc2noc(C3CCOCC3)n2)C1. The number of carbonyl (C=O) groups is 1. The molecule has 1 unspecified atom stereocenters. The number of aryl methyl sites for hydroxylation is 1. The molecule has 7 nitrogen and oxygen atoms in total. The quantitative estimate of drug-likeness (QED) is 0.785. The molecule has 150 valence electrons. The topological polar surface area (TPSA) is 77.7 Å². The average Bonchev–Trinajstić information content (AvgIpc) is 3.22. The third kappa shape index (κ3) is 4.88. The molecule has 4 heterocycles. The van der Waals surface area contributed by atoms with Crippen molar-refractivity contribution in [1.82, 2.24) is 15.0 Å². The molecule has 0 bridgehead atoms. The molecule has 1 amide bonds. The fraction of sp³-hybridized carbons (Fsp3) is 0.850. The van der Waals surface area contributed by atoms with Crippen molar-refractivity contribution in [1.29, 1.82) is 0 Å². The molecule has 0 aromatic carbocycles. The van der Waals surface area contributed by atoms with E-state index in [9.17, 15) is 4.79 Å². The molecule has 3 fully saturated rings. The van der Waals surface area contributed by atoms with E-state index in [-0.39, 0.29) is 5.92 Å². The number of rotatable bonds is 5. The predicted octanol–water partition coefficient (Wildman–Crippen LogP) is 2.56. The summed E-state index contributed by atoms with van der Waals surface area (Å²) in [6.45, 7) is 4.79. The van der Waals surface area contributed by atoms with Gasteiger partial charge in [0.1, 0.15) is 0 Å². The fourth-order valence-electron chi connectivity index (χ4n) is 4.52. The maximum atomic E-state index is 12.8. The summed E-state index contributed by atoms with van der Waals surface area (Å²) in [5.74, 6) is 2.97. The molecule has 0 radical (unpaired) electrons. The van der Waals surface area contributed by atoms with Crippen LogP contribution in [0.1, 0.15) is 62.6 Å². The highest BCUT2D eigenvalue weighted by Crippen LogP contribution is 2.27. The van der Waals surface area contributed by atoms with Crippen LogP contribution in [0.3, 0.4) is 0 Å². The highest BCUT2D eigenvalue weighted by Gasteiger charge is 2.30. The number of likely N-dealkylation sites (tertiary alicyclic amines) is 1. The Hall–Kier alpha value is -1.47. The van der Waals surface area contributed by atoms with E-state index in [1.807, 2.05) is 0 Å². The number of hydrogen-bond donors (Lipinski definition) is 0. The Bertz CT molecular complexity index is 608. The zero-order valence-corrected chi connectivity index (χ0v) is 16.1. The highest BCUT2D eigenvalue weighted by atomic mass is 16.5. The van der Waals surface area contributed by atoms with Crippen LogP contribution in [0.5, 0.6) is 0 Å². The maximum Gasteiger partial charge on any atom is 0.229 e. The molecule has 7 heteroatoms. The van der Waals surface area contributed by atoms with Crippen molar-refractivity contribution in [3.8, 4) is 0 Å². The Morgan fingerprint density at radius 2 is 1.78 bits per heavy atom. The normalized spacial score (nSPS) is 25.6. The van der Waals surface area contributed by atoms with Gasteiger partial charge in [-0.1, -0.05) is 5.16 Å². The van der Waals surface area contributed by atoms with Crippen molar-refractivity contribution in [3.05, 3.63) is 11.7 Å². The van der Waals surface area contributed by atoms with E-state index in [2.05, 4.69) is 15.0 Å². The second-order valence-electron chi connectivity index (χ2n) is 8.15. The van der Waals surface area contributed by atoms with Crippen LogP contribution in [-0.2, 0) is 20.7 Å². The second kappa shape index (κ2) is 9.15. The number of hydrogen-bond acceptors (Lipinski definition) is 6. The highest BCUT2D eigenvalue weighted by molar-refractivity contribution is 5.79. The van der Waals surface area contributed by atoms with Crippen LogP contribution in [0.25, 0.3) is 0 Å². The molecule has 1 aromatic heterocycles. The van der Waals surface area contributed by atoms with E-state index >= 15 is 0 Å². The number of piperidine rings is 1. The third-order valence-corrected chi connectivity index (χ3v) is 6.23. The van der Waals surface area contributed by atoms with E-state index in [0.717, 1.165) is 96.2 Å². The molecular weight excluding hydrogens is 346 g/mol. The van der Waals surface area contributed by atoms with Gasteiger partial charge in [0.15, 0.2) is 5.82 Å². The standard InChI is InChI=1S/C20H31N3O4/c24-20(17-7-12-26-13-8-17)23-9-1-2-15(14-23)3-4-18-21-19(27-22-18)16-5-10-25-11-6-16/h15-17H,1-14H2. The molecule has 1 atom stereocenters. The van der Waals surface area contributed by atoms with Gasteiger partial charge in [0.25, 0.3) is 0 Å². The smallest absolute Gasteiger partial charge is 0.229 e. The zero-order valence-electron chi connectivity index (χ0n) is 16.1. The number of carbonyl (C=O) groups excluding carboxylic acids is 1. The molecule has 0 N–H and O–H groups in total. The van der Waals surface area contributed by atoms with Crippen molar-refractivity contribution in [2.75, 3.05) is 39.5 Å². The summed E-state index contributed by atoms with van der Waals surface area (Å²) in [6.07, 6.45) is 7.80. The monoisotopic (exact) mass is 377 g/mol. The number of amides is 1. The molecule has 0 spiro atoms. The van der Waals surface area contributed by atoms with Crippen molar-refractivity contribution < 1.29 is 18.8 Å². The Morgan fingerprint density at radius 1 is 1.04 bits per heavy atom. The van der Waals surface area contributed by atoms with Crippen LogP contribution in [0.4, 0.5) is 0 Å². The third-order valence-electron chi connectivity index (χ3n) is 6.23. The van der Waals surface area contributed by atoms with Crippen LogP contribution in [-0.4, -0.2) is 60.5 Å².